The molecule has 0 aliphatic heterocycles. The number of fused-ring (bicyclic) bond motifs is 2. The van der Waals surface area contributed by atoms with Crippen molar-refractivity contribution in [2.75, 3.05) is 0 Å². The molecule has 0 spiro atoms. The second-order valence-electron chi connectivity index (χ2n) is 5.00. The molecular weight excluding hydrogens is 338 g/mol. The van der Waals surface area contributed by atoms with Gasteiger partial charge in [-0.3, -0.25) is 19.7 Å². The first-order valence-corrected chi connectivity index (χ1v) is 7.19. The fraction of sp³-hybridized carbons (Fsp3) is 0.0526. The zero-order chi connectivity index (χ0) is 17.8. The lowest BCUT2D eigenvalue weighted by Crippen LogP contribution is -1.98. The Hall–Kier alpha value is -3.74. The van der Waals surface area contributed by atoms with Gasteiger partial charge in [-0.05, 0) is 18.2 Å². The van der Waals surface area contributed by atoms with Gasteiger partial charge in [0.1, 0.15) is 11.2 Å². The van der Waals surface area contributed by atoms with E-state index in [1.165, 1.54) is 42.9 Å². The Morgan fingerprint density at radius 2 is 1.35 bits per heavy atom. The molecule has 0 aliphatic rings. The van der Waals surface area contributed by atoms with E-state index in [9.17, 15) is 19.7 Å². The van der Waals surface area contributed by atoms with Crippen molar-refractivity contribution in [3.05, 3.63) is 97.7 Å². The summed E-state index contributed by atoms with van der Waals surface area (Å²) in [7, 11) is 0. The molecule has 7 nitrogen and oxygen atoms in total. The topological polar surface area (TPSA) is 104 Å². The van der Waals surface area contributed by atoms with Gasteiger partial charge in [0.15, 0.2) is 10.9 Å². The molecule has 4 rings (SSSR count). The highest BCUT2D eigenvalue weighted by molar-refractivity contribution is 5.78. The van der Waals surface area contributed by atoms with Crippen LogP contribution >= 0.6 is 0 Å². The minimum absolute atomic E-state index is 0. The summed E-state index contributed by atoms with van der Waals surface area (Å²) in [6.07, 6.45) is 2.67. The molecule has 7 heteroatoms. The number of hydrogen-bond donors (Lipinski definition) is 0. The molecule has 132 valence electrons. The van der Waals surface area contributed by atoms with E-state index >= 15 is 0 Å². The minimum atomic E-state index is -0.550. The molecule has 0 atom stereocenters. The molecule has 2 aromatic carbocycles. The van der Waals surface area contributed by atoms with Gasteiger partial charge in [-0.25, -0.2) is 0 Å². The monoisotopic (exact) mass is 353 g/mol. The fourth-order valence-corrected chi connectivity index (χ4v) is 2.22. The van der Waals surface area contributed by atoms with Crippen molar-refractivity contribution in [1.29, 1.82) is 0 Å². The van der Waals surface area contributed by atoms with Crippen LogP contribution < -0.4 is 10.9 Å². The number of nitrogens with zero attached hydrogens (tertiary/aromatic N) is 1. The van der Waals surface area contributed by atoms with Crippen molar-refractivity contribution >= 4 is 27.6 Å². The van der Waals surface area contributed by atoms with E-state index < -0.39 is 4.92 Å². The molecule has 0 saturated heterocycles. The Balaban J connectivity index is 0.000000184. The van der Waals surface area contributed by atoms with Crippen LogP contribution in [0.3, 0.4) is 0 Å². The molecule has 2 aromatic heterocycles. The highest BCUT2D eigenvalue weighted by atomic mass is 16.6. The molecule has 0 radical (unpaired) electrons. The van der Waals surface area contributed by atoms with E-state index in [0.717, 1.165) is 0 Å². The highest BCUT2D eigenvalue weighted by Crippen LogP contribution is 2.17. The second kappa shape index (κ2) is 7.89. The van der Waals surface area contributed by atoms with E-state index in [1.807, 2.05) is 12.1 Å². The Morgan fingerprint density at radius 1 is 0.769 bits per heavy atom. The summed E-state index contributed by atoms with van der Waals surface area (Å²) in [5.74, 6) is 0. The molecule has 0 amide bonds. The molecule has 4 aromatic rings. The van der Waals surface area contributed by atoms with E-state index in [-0.39, 0.29) is 29.4 Å². The van der Waals surface area contributed by atoms with Crippen molar-refractivity contribution < 1.29 is 13.8 Å². The molecular formula is C19H15NO6. The number of nitro benzene ring substituents is 1. The number of rotatable bonds is 1. The van der Waals surface area contributed by atoms with Gasteiger partial charge in [-0.1, -0.05) is 19.6 Å². The molecule has 0 aliphatic carbocycles. The number of para-hydroxylation sites is 1. The van der Waals surface area contributed by atoms with Crippen LogP contribution in [0.1, 0.15) is 7.43 Å². The maximum atomic E-state index is 11.3. The SMILES string of the molecule is C.O=c1ccoc2ccc([N+](=O)[O-])cc12.O=c1ccoc2ccccc12. The van der Waals surface area contributed by atoms with E-state index in [4.69, 9.17) is 8.83 Å². The summed E-state index contributed by atoms with van der Waals surface area (Å²) in [5, 5.41) is 11.3. The lowest BCUT2D eigenvalue weighted by molar-refractivity contribution is -0.384. The molecule has 2 heterocycles. The van der Waals surface area contributed by atoms with Crippen LogP contribution in [0.15, 0.2) is 85.5 Å². The average molecular weight is 353 g/mol. The Labute approximate surface area is 147 Å². The second-order valence-corrected chi connectivity index (χ2v) is 5.00. The van der Waals surface area contributed by atoms with Gasteiger partial charge < -0.3 is 8.83 Å². The van der Waals surface area contributed by atoms with Crippen molar-refractivity contribution in [2.24, 2.45) is 0 Å². The van der Waals surface area contributed by atoms with Gasteiger partial charge in [0.2, 0.25) is 0 Å². The van der Waals surface area contributed by atoms with Gasteiger partial charge in [0, 0.05) is 24.3 Å². The summed E-state index contributed by atoms with van der Waals surface area (Å²) >= 11 is 0. The quantitative estimate of drug-likeness (QED) is 0.376. The van der Waals surface area contributed by atoms with Gasteiger partial charge in [0.05, 0.1) is 28.2 Å². The van der Waals surface area contributed by atoms with Crippen LogP contribution in [0.4, 0.5) is 5.69 Å². The van der Waals surface area contributed by atoms with Gasteiger partial charge >= 0.3 is 0 Å². The Bertz CT molecular complexity index is 1170. The lowest BCUT2D eigenvalue weighted by Gasteiger charge is -1.94. The normalized spacial score (nSPS) is 9.85. The molecule has 0 fully saturated rings. The Morgan fingerprint density at radius 3 is 1.96 bits per heavy atom. The lowest BCUT2D eigenvalue weighted by atomic mass is 10.2. The third-order valence-electron chi connectivity index (χ3n) is 3.42. The van der Waals surface area contributed by atoms with Crippen LogP contribution in [0, 0.1) is 10.1 Å². The first-order valence-electron chi connectivity index (χ1n) is 7.19. The molecule has 26 heavy (non-hydrogen) atoms. The smallest absolute Gasteiger partial charge is 0.270 e. The van der Waals surface area contributed by atoms with E-state index in [2.05, 4.69) is 0 Å². The van der Waals surface area contributed by atoms with Crippen molar-refractivity contribution in [3.63, 3.8) is 0 Å². The summed E-state index contributed by atoms with van der Waals surface area (Å²) in [5.41, 5.74) is 0.598. The number of non-ortho nitro benzene ring substituents is 1. The number of hydrogen-bond acceptors (Lipinski definition) is 6. The fourth-order valence-electron chi connectivity index (χ4n) is 2.22. The molecule has 0 N–H and O–H groups in total. The molecule has 0 unspecified atom stereocenters. The maximum absolute atomic E-state index is 11.3. The van der Waals surface area contributed by atoms with Crippen molar-refractivity contribution in [3.8, 4) is 0 Å². The van der Waals surface area contributed by atoms with Crippen LogP contribution in [-0.2, 0) is 0 Å². The maximum Gasteiger partial charge on any atom is 0.270 e. The highest BCUT2D eigenvalue weighted by Gasteiger charge is 2.08. The van der Waals surface area contributed by atoms with Crippen LogP contribution in [0.2, 0.25) is 0 Å². The zero-order valence-corrected chi connectivity index (χ0v) is 12.7. The van der Waals surface area contributed by atoms with E-state index in [0.29, 0.717) is 16.6 Å². The van der Waals surface area contributed by atoms with Gasteiger partial charge in [-0.2, -0.15) is 0 Å². The summed E-state index contributed by atoms with van der Waals surface area (Å²) in [6.45, 7) is 0. The van der Waals surface area contributed by atoms with Crippen LogP contribution in [-0.4, -0.2) is 4.92 Å². The standard InChI is InChI=1S/C9H5NO4.C9H6O2.CH4/c11-8-3-4-14-9-2-1-6(10(12)13)5-7(8)9;10-8-5-6-11-9-4-2-1-3-7(8)9;/h1-5H;1-6H;1H4. The first-order chi connectivity index (χ1) is 12.1. The summed E-state index contributed by atoms with van der Waals surface area (Å²) < 4.78 is 10.1. The third kappa shape index (κ3) is 3.84. The molecule has 0 bridgehead atoms. The number of nitro groups is 1. The molecule has 0 saturated carbocycles. The van der Waals surface area contributed by atoms with Crippen molar-refractivity contribution in [1.82, 2.24) is 0 Å². The van der Waals surface area contributed by atoms with Crippen LogP contribution in [0.5, 0.6) is 0 Å². The van der Waals surface area contributed by atoms with Crippen LogP contribution in [0.25, 0.3) is 21.9 Å². The predicted octanol–water partition coefficient (Wildman–Crippen LogP) is 4.13. The first kappa shape index (κ1) is 18.6. The third-order valence-corrected chi connectivity index (χ3v) is 3.42. The Kier molecular flexibility index (Phi) is 5.64. The summed E-state index contributed by atoms with van der Waals surface area (Å²) in [4.78, 5) is 32.3. The number of benzene rings is 2. The van der Waals surface area contributed by atoms with Crippen molar-refractivity contribution in [2.45, 2.75) is 7.43 Å². The summed E-state index contributed by atoms with van der Waals surface area (Å²) in [6, 6.07) is 13.7. The minimum Gasteiger partial charge on any atom is -0.464 e. The predicted molar refractivity (Wildman–Crippen MR) is 98.4 cm³/mol. The van der Waals surface area contributed by atoms with E-state index in [1.54, 1.807) is 12.1 Å². The van der Waals surface area contributed by atoms with Gasteiger partial charge in [-0.15, -0.1) is 0 Å². The average Bonchev–Trinajstić information content (AvgIpc) is 2.63. The largest absolute Gasteiger partial charge is 0.464 e. The van der Waals surface area contributed by atoms with Gasteiger partial charge in [0.25, 0.3) is 5.69 Å². The zero-order valence-electron chi connectivity index (χ0n) is 12.7.